The molecule has 0 saturated carbocycles. The minimum atomic E-state index is -0.170. The fraction of sp³-hybridized carbons (Fsp3) is 0.500. The highest BCUT2D eigenvalue weighted by atomic mass is 16.3. The number of likely N-dealkylation sites (tertiary alicyclic amines) is 1. The summed E-state index contributed by atoms with van der Waals surface area (Å²) in [6, 6.07) is 7.02. The number of aromatic nitrogens is 2. The summed E-state index contributed by atoms with van der Waals surface area (Å²) in [6.45, 7) is 5.15. The average Bonchev–Trinajstić information content (AvgIpc) is 2.61. The van der Waals surface area contributed by atoms with E-state index in [0.717, 1.165) is 12.8 Å². The van der Waals surface area contributed by atoms with E-state index in [1.54, 1.807) is 23.1 Å². The number of fused-ring (bicyclic) bond motifs is 1. The molecule has 0 bridgehead atoms. The molecule has 1 saturated heterocycles. The summed E-state index contributed by atoms with van der Waals surface area (Å²) in [4.78, 5) is 27.3. The molecule has 1 aromatic carbocycles. The lowest BCUT2D eigenvalue weighted by Crippen LogP contribution is -2.40. The molecule has 1 aliphatic heterocycles. The van der Waals surface area contributed by atoms with Crippen LogP contribution in [0.3, 0.4) is 0 Å². The summed E-state index contributed by atoms with van der Waals surface area (Å²) >= 11 is 0. The first-order valence-corrected chi connectivity index (χ1v) is 8.44. The van der Waals surface area contributed by atoms with Crippen molar-refractivity contribution in [2.24, 2.45) is 5.92 Å². The smallest absolute Gasteiger partial charge is 0.274 e. The van der Waals surface area contributed by atoms with Crippen molar-refractivity contribution in [3.8, 4) is 0 Å². The van der Waals surface area contributed by atoms with Crippen molar-refractivity contribution in [1.82, 2.24) is 14.7 Å². The Balaban J connectivity index is 2.04. The van der Waals surface area contributed by atoms with Crippen LogP contribution >= 0.6 is 0 Å². The highest BCUT2D eigenvalue weighted by Gasteiger charge is 2.26. The molecular weight excluding hydrogens is 306 g/mol. The number of aliphatic hydroxyl groups excluding tert-OH is 1. The van der Waals surface area contributed by atoms with Gasteiger partial charge >= 0.3 is 0 Å². The molecule has 3 rings (SSSR count). The van der Waals surface area contributed by atoms with Gasteiger partial charge in [0.1, 0.15) is 0 Å². The van der Waals surface area contributed by atoms with Crippen molar-refractivity contribution < 1.29 is 9.90 Å². The Morgan fingerprint density at radius 2 is 1.88 bits per heavy atom. The Hall–Kier alpha value is -2.21. The number of aliphatic hydroxyl groups is 1. The zero-order valence-electron chi connectivity index (χ0n) is 14.1. The first-order chi connectivity index (χ1) is 11.5. The van der Waals surface area contributed by atoms with Crippen LogP contribution in [0.15, 0.2) is 29.1 Å². The van der Waals surface area contributed by atoms with E-state index in [0.29, 0.717) is 29.6 Å². The van der Waals surface area contributed by atoms with Gasteiger partial charge in [0.2, 0.25) is 0 Å². The molecule has 0 atom stereocenters. The molecule has 24 heavy (non-hydrogen) atoms. The molecule has 0 spiro atoms. The number of carbonyl (C=O) groups excluding carboxylic acids is 1. The Morgan fingerprint density at radius 1 is 1.25 bits per heavy atom. The Kier molecular flexibility index (Phi) is 4.66. The fourth-order valence-corrected chi connectivity index (χ4v) is 3.18. The first kappa shape index (κ1) is 16.6. The van der Waals surface area contributed by atoms with Crippen LogP contribution in [0.1, 0.15) is 43.2 Å². The number of amides is 1. The van der Waals surface area contributed by atoms with Crippen LogP contribution < -0.4 is 5.56 Å². The van der Waals surface area contributed by atoms with Gasteiger partial charge in [-0.25, -0.2) is 4.68 Å². The number of benzene rings is 1. The molecule has 1 fully saturated rings. The average molecular weight is 329 g/mol. The summed E-state index contributed by atoms with van der Waals surface area (Å²) in [7, 11) is 0. The summed E-state index contributed by atoms with van der Waals surface area (Å²) in [5.74, 6) is 0.125. The van der Waals surface area contributed by atoms with Crippen LogP contribution in [-0.4, -0.2) is 45.4 Å². The standard InChI is InChI=1S/C18H23N3O3/c1-12(2)21-17(23)15-6-4-3-5-14(15)16(19-21)18(24)20-9-7-13(11-22)8-10-20/h3-6,12-13,22H,7-11H2,1-2H3. The maximum absolute atomic E-state index is 13.0. The molecule has 128 valence electrons. The molecule has 0 radical (unpaired) electrons. The normalized spacial score (nSPS) is 16.1. The van der Waals surface area contributed by atoms with Gasteiger partial charge in [-0.15, -0.1) is 0 Å². The molecule has 6 heteroatoms. The second-order valence-electron chi connectivity index (χ2n) is 6.66. The maximum atomic E-state index is 13.0. The van der Waals surface area contributed by atoms with Crippen LogP contribution in [-0.2, 0) is 0 Å². The molecule has 2 aromatic rings. The highest BCUT2D eigenvalue weighted by Crippen LogP contribution is 2.21. The van der Waals surface area contributed by atoms with Crippen LogP contribution in [0.2, 0.25) is 0 Å². The van der Waals surface area contributed by atoms with Gasteiger partial charge in [0.05, 0.1) is 11.4 Å². The third-order valence-electron chi connectivity index (χ3n) is 4.68. The second-order valence-corrected chi connectivity index (χ2v) is 6.66. The molecule has 2 heterocycles. The minimum absolute atomic E-state index is 0.117. The number of rotatable bonds is 3. The first-order valence-electron chi connectivity index (χ1n) is 8.44. The summed E-state index contributed by atoms with van der Waals surface area (Å²) in [6.07, 6.45) is 1.59. The van der Waals surface area contributed by atoms with E-state index in [2.05, 4.69) is 5.10 Å². The van der Waals surface area contributed by atoms with E-state index in [4.69, 9.17) is 0 Å². The van der Waals surface area contributed by atoms with Gasteiger partial charge in [-0.2, -0.15) is 5.10 Å². The van der Waals surface area contributed by atoms with Gasteiger partial charge in [-0.3, -0.25) is 9.59 Å². The van der Waals surface area contributed by atoms with Gasteiger partial charge in [0.25, 0.3) is 11.5 Å². The molecule has 6 nitrogen and oxygen atoms in total. The molecule has 1 amide bonds. The molecule has 1 N–H and O–H groups in total. The Bertz CT molecular complexity index is 805. The summed E-state index contributed by atoms with van der Waals surface area (Å²) < 4.78 is 1.38. The topological polar surface area (TPSA) is 75.4 Å². The maximum Gasteiger partial charge on any atom is 0.274 e. The van der Waals surface area contributed by atoms with Crippen molar-refractivity contribution in [1.29, 1.82) is 0 Å². The molecule has 0 unspecified atom stereocenters. The van der Waals surface area contributed by atoms with Gasteiger partial charge in [-0.1, -0.05) is 18.2 Å². The monoisotopic (exact) mass is 329 g/mol. The lowest BCUT2D eigenvalue weighted by Gasteiger charge is -2.31. The molecule has 1 aliphatic rings. The summed E-state index contributed by atoms with van der Waals surface area (Å²) in [5, 5.41) is 14.8. The van der Waals surface area contributed by atoms with E-state index in [1.165, 1.54) is 4.68 Å². The molecule has 1 aromatic heterocycles. The third kappa shape index (κ3) is 2.94. The zero-order chi connectivity index (χ0) is 17.3. The predicted octanol–water partition coefficient (Wildman–Crippen LogP) is 1.82. The second kappa shape index (κ2) is 6.73. The number of nitrogens with zero attached hydrogens (tertiary/aromatic N) is 3. The van der Waals surface area contributed by atoms with Crippen molar-refractivity contribution in [3.63, 3.8) is 0 Å². The van der Waals surface area contributed by atoms with E-state index in [9.17, 15) is 14.7 Å². The number of hydrogen-bond acceptors (Lipinski definition) is 4. The summed E-state index contributed by atoms with van der Waals surface area (Å²) in [5.41, 5.74) is 0.164. The van der Waals surface area contributed by atoms with Crippen LogP contribution in [0.4, 0.5) is 0 Å². The van der Waals surface area contributed by atoms with E-state index >= 15 is 0 Å². The van der Waals surface area contributed by atoms with Crippen molar-refractivity contribution in [3.05, 3.63) is 40.3 Å². The van der Waals surface area contributed by atoms with Gasteiger partial charge < -0.3 is 10.0 Å². The Morgan fingerprint density at radius 3 is 2.46 bits per heavy atom. The van der Waals surface area contributed by atoms with Crippen molar-refractivity contribution >= 4 is 16.7 Å². The lowest BCUT2D eigenvalue weighted by molar-refractivity contribution is 0.0644. The predicted molar refractivity (Wildman–Crippen MR) is 92.1 cm³/mol. The van der Waals surface area contributed by atoms with E-state index in [1.807, 2.05) is 19.9 Å². The quantitative estimate of drug-likeness (QED) is 0.932. The Labute approximate surface area is 140 Å². The highest BCUT2D eigenvalue weighted by molar-refractivity contribution is 6.04. The number of piperidine rings is 1. The fourth-order valence-electron chi connectivity index (χ4n) is 3.18. The van der Waals surface area contributed by atoms with Crippen LogP contribution in [0.5, 0.6) is 0 Å². The lowest BCUT2D eigenvalue weighted by atomic mass is 9.97. The molecular formula is C18H23N3O3. The van der Waals surface area contributed by atoms with Crippen LogP contribution in [0, 0.1) is 5.92 Å². The van der Waals surface area contributed by atoms with Crippen LogP contribution in [0.25, 0.3) is 10.8 Å². The van der Waals surface area contributed by atoms with Gasteiger partial charge in [0.15, 0.2) is 5.69 Å². The number of hydrogen-bond donors (Lipinski definition) is 1. The number of carbonyl (C=O) groups is 1. The minimum Gasteiger partial charge on any atom is -0.396 e. The third-order valence-corrected chi connectivity index (χ3v) is 4.68. The van der Waals surface area contributed by atoms with Crippen molar-refractivity contribution in [2.75, 3.05) is 19.7 Å². The zero-order valence-corrected chi connectivity index (χ0v) is 14.1. The van der Waals surface area contributed by atoms with Gasteiger partial charge in [0, 0.05) is 25.1 Å². The SMILES string of the molecule is CC(C)n1nc(C(=O)N2CCC(CO)CC2)c2ccccc2c1=O. The largest absolute Gasteiger partial charge is 0.396 e. The van der Waals surface area contributed by atoms with E-state index in [-0.39, 0.29) is 30.0 Å². The van der Waals surface area contributed by atoms with E-state index < -0.39 is 0 Å². The molecule has 0 aliphatic carbocycles. The van der Waals surface area contributed by atoms with Gasteiger partial charge in [-0.05, 0) is 38.7 Å². The van der Waals surface area contributed by atoms with Crippen molar-refractivity contribution in [2.45, 2.75) is 32.7 Å².